The van der Waals surface area contributed by atoms with Gasteiger partial charge in [-0.15, -0.1) is 0 Å². The van der Waals surface area contributed by atoms with Gasteiger partial charge in [0.05, 0.1) is 13.2 Å². The highest BCUT2D eigenvalue weighted by Crippen LogP contribution is 2.48. The van der Waals surface area contributed by atoms with Gasteiger partial charge in [0, 0.05) is 29.3 Å². The SMILES string of the molecule is CC1(C)COC2(CC(C)(C)N(C(=O)Oc3ccccc3)C(C)(C)C2)OC1. The number of hydrogen-bond donors (Lipinski definition) is 0. The van der Waals surface area contributed by atoms with Crippen molar-refractivity contribution in [2.75, 3.05) is 13.2 Å². The number of para-hydroxylation sites is 1. The van der Waals surface area contributed by atoms with Crippen LogP contribution in [0.25, 0.3) is 0 Å². The third kappa shape index (κ3) is 3.74. The molecule has 2 fully saturated rings. The molecule has 0 radical (unpaired) electrons. The monoisotopic (exact) mass is 361 g/mol. The Labute approximate surface area is 156 Å². The van der Waals surface area contributed by atoms with Gasteiger partial charge in [-0.25, -0.2) is 4.79 Å². The minimum absolute atomic E-state index is 0.0168. The van der Waals surface area contributed by atoms with Crippen LogP contribution in [0.5, 0.6) is 5.75 Å². The first-order chi connectivity index (χ1) is 11.9. The van der Waals surface area contributed by atoms with E-state index in [4.69, 9.17) is 14.2 Å². The van der Waals surface area contributed by atoms with Crippen molar-refractivity contribution in [3.8, 4) is 5.75 Å². The molecule has 2 heterocycles. The smallest absolute Gasteiger partial charge is 0.410 e. The normalized spacial score (nSPS) is 25.7. The predicted octanol–water partition coefficient (Wildman–Crippen LogP) is 4.61. The summed E-state index contributed by atoms with van der Waals surface area (Å²) in [5.41, 5.74) is -0.910. The van der Waals surface area contributed by atoms with E-state index in [1.165, 1.54) is 0 Å². The number of benzene rings is 1. The van der Waals surface area contributed by atoms with Crippen LogP contribution in [-0.2, 0) is 9.47 Å². The Kier molecular flexibility index (Phi) is 4.60. The minimum atomic E-state index is -0.647. The van der Waals surface area contributed by atoms with E-state index in [9.17, 15) is 4.79 Å². The van der Waals surface area contributed by atoms with E-state index in [0.29, 0.717) is 31.8 Å². The number of nitrogens with zero attached hydrogens (tertiary/aromatic N) is 1. The van der Waals surface area contributed by atoms with Crippen LogP contribution in [-0.4, -0.2) is 41.1 Å². The summed E-state index contributed by atoms with van der Waals surface area (Å²) >= 11 is 0. The molecule has 1 aromatic carbocycles. The standard InChI is InChI=1S/C21H31NO4/c1-18(2)14-24-21(25-15-18)12-19(3,4)22(20(5,6)13-21)17(23)26-16-10-8-7-9-11-16/h7-11H,12-15H2,1-6H3. The fourth-order valence-corrected chi connectivity index (χ4v) is 4.43. The average Bonchev–Trinajstić information content (AvgIpc) is 2.49. The highest BCUT2D eigenvalue weighted by molar-refractivity contribution is 5.73. The molecule has 26 heavy (non-hydrogen) atoms. The summed E-state index contributed by atoms with van der Waals surface area (Å²) in [5, 5.41) is 0. The van der Waals surface area contributed by atoms with Gasteiger partial charge < -0.3 is 14.2 Å². The van der Waals surface area contributed by atoms with Crippen molar-refractivity contribution in [1.82, 2.24) is 4.90 Å². The van der Waals surface area contributed by atoms with Crippen LogP contribution in [0.3, 0.4) is 0 Å². The molecule has 2 aliphatic heterocycles. The number of piperidine rings is 1. The minimum Gasteiger partial charge on any atom is -0.410 e. The second-order valence-electron chi connectivity index (χ2n) is 9.65. The molecule has 0 N–H and O–H groups in total. The van der Waals surface area contributed by atoms with Crippen molar-refractivity contribution in [2.24, 2.45) is 5.41 Å². The van der Waals surface area contributed by atoms with Crippen LogP contribution in [0.2, 0.25) is 0 Å². The molecule has 1 amide bonds. The molecule has 1 aromatic rings. The molecule has 0 unspecified atom stereocenters. The largest absolute Gasteiger partial charge is 0.416 e. The predicted molar refractivity (Wildman–Crippen MR) is 100 cm³/mol. The molecular weight excluding hydrogens is 330 g/mol. The lowest BCUT2D eigenvalue weighted by molar-refractivity contribution is -0.335. The van der Waals surface area contributed by atoms with E-state index >= 15 is 0 Å². The molecule has 0 bridgehead atoms. The zero-order chi connectivity index (χ0) is 19.2. The number of likely N-dealkylation sites (tertiary alicyclic amines) is 1. The molecule has 0 saturated carbocycles. The summed E-state index contributed by atoms with van der Waals surface area (Å²) in [6.07, 6.45) is 0.893. The number of hydrogen-bond acceptors (Lipinski definition) is 4. The lowest BCUT2D eigenvalue weighted by Crippen LogP contribution is -2.69. The van der Waals surface area contributed by atoms with Gasteiger partial charge >= 0.3 is 6.09 Å². The van der Waals surface area contributed by atoms with Crippen LogP contribution in [0, 0.1) is 5.41 Å². The Morgan fingerprint density at radius 3 is 1.92 bits per heavy atom. The average molecular weight is 361 g/mol. The summed E-state index contributed by atoms with van der Waals surface area (Å²) in [6.45, 7) is 13.8. The lowest BCUT2D eigenvalue weighted by atomic mass is 9.75. The van der Waals surface area contributed by atoms with Crippen molar-refractivity contribution >= 4 is 6.09 Å². The van der Waals surface area contributed by atoms with Crippen molar-refractivity contribution in [2.45, 2.75) is 71.2 Å². The fraction of sp³-hybridized carbons (Fsp3) is 0.667. The number of carbonyl (C=O) groups excluding carboxylic acids is 1. The quantitative estimate of drug-likeness (QED) is 0.733. The second-order valence-corrected chi connectivity index (χ2v) is 9.65. The van der Waals surface area contributed by atoms with Crippen LogP contribution in [0.1, 0.15) is 54.4 Å². The summed E-state index contributed by atoms with van der Waals surface area (Å²) in [7, 11) is 0. The zero-order valence-electron chi connectivity index (χ0n) is 16.8. The molecule has 5 nitrogen and oxygen atoms in total. The summed E-state index contributed by atoms with van der Waals surface area (Å²) in [5.74, 6) is -0.0946. The van der Waals surface area contributed by atoms with Gasteiger partial charge in [-0.2, -0.15) is 0 Å². The fourth-order valence-electron chi connectivity index (χ4n) is 4.43. The van der Waals surface area contributed by atoms with Gasteiger partial charge in [0.1, 0.15) is 5.75 Å². The maximum absolute atomic E-state index is 13.0. The van der Waals surface area contributed by atoms with E-state index in [0.717, 1.165) is 0 Å². The van der Waals surface area contributed by atoms with Gasteiger partial charge in [0.2, 0.25) is 0 Å². The Balaban J connectivity index is 1.81. The van der Waals surface area contributed by atoms with Crippen LogP contribution < -0.4 is 4.74 Å². The highest BCUT2D eigenvalue weighted by Gasteiger charge is 2.57. The number of carbonyl (C=O) groups is 1. The molecule has 0 aromatic heterocycles. The van der Waals surface area contributed by atoms with Gasteiger partial charge in [-0.05, 0) is 39.8 Å². The first-order valence-electron chi connectivity index (χ1n) is 9.30. The van der Waals surface area contributed by atoms with E-state index in [2.05, 4.69) is 13.8 Å². The molecule has 0 atom stereocenters. The first-order valence-corrected chi connectivity index (χ1v) is 9.30. The third-order valence-electron chi connectivity index (χ3n) is 5.20. The Morgan fingerprint density at radius 2 is 1.42 bits per heavy atom. The van der Waals surface area contributed by atoms with Gasteiger partial charge in [-0.1, -0.05) is 32.0 Å². The molecule has 2 saturated heterocycles. The lowest BCUT2D eigenvalue weighted by Gasteiger charge is -2.59. The topological polar surface area (TPSA) is 48.0 Å². The van der Waals surface area contributed by atoms with Crippen molar-refractivity contribution in [1.29, 1.82) is 0 Å². The maximum Gasteiger partial charge on any atom is 0.416 e. The first kappa shape index (κ1) is 19.2. The van der Waals surface area contributed by atoms with Crippen LogP contribution in [0.15, 0.2) is 30.3 Å². The number of amides is 1. The maximum atomic E-state index is 13.0. The molecule has 5 heteroatoms. The zero-order valence-corrected chi connectivity index (χ0v) is 16.8. The van der Waals surface area contributed by atoms with E-state index < -0.39 is 16.9 Å². The number of rotatable bonds is 1. The molecule has 3 rings (SSSR count). The molecule has 2 aliphatic rings. The molecule has 1 spiro atoms. The van der Waals surface area contributed by atoms with Gasteiger partial charge in [0.15, 0.2) is 5.79 Å². The van der Waals surface area contributed by atoms with Crippen molar-refractivity contribution < 1.29 is 19.0 Å². The molecule has 144 valence electrons. The van der Waals surface area contributed by atoms with E-state index in [1.807, 2.05) is 50.8 Å². The van der Waals surface area contributed by atoms with E-state index in [1.54, 1.807) is 12.1 Å². The second kappa shape index (κ2) is 6.24. The van der Waals surface area contributed by atoms with Crippen molar-refractivity contribution in [3.05, 3.63) is 30.3 Å². The summed E-state index contributed by atoms with van der Waals surface area (Å²) < 4.78 is 18.1. The van der Waals surface area contributed by atoms with Crippen LogP contribution >= 0.6 is 0 Å². The molecule has 0 aliphatic carbocycles. The molecular formula is C21H31NO4. The van der Waals surface area contributed by atoms with Gasteiger partial charge in [-0.3, -0.25) is 4.90 Å². The van der Waals surface area contributed by atoms with Crippen molar-refractivity contribution in [3.63, 3.8) is 0 Å². The summed E-state index contributed by atoms with van der Waals surface area (Å²) in [4.78, 5) is 14.8. The van der Waals surface area contributed by atoms with E-state index in [-0.39, 0.29) is 11.5 Å². The third-order valence-corrected chi connectivity index (χ3v) is 5.20. The summed E-state index contributed by atoms with van der Waals surface area (Å²) in [6, 6.07) is 9.19. The number of ether oxygens (including phenoxy) is 3. The van der Waals surface area contributed by atoms with Crippen LogP contribution in [0.4, 0.5) is 4.79 Å². The van der Waals surface area contributed by atoms with Gasteiger partial charge in [0.25, 0.3) is 0 Å². The Bertz CT molecular complexity index is 636. The Morgan fingerprint density at radius 1 is 0.923 bits per heavy atom. The Hall–Kier alpha value is -1.59. The highest BCUT2D eigenvalue weighted by atomic mass is 16.7.